The molecule has 1 unspecified atom stereocenters. The number of nitrogens with zero attached hydrogens (tertiary/aromatic N) is 1. The lowest BCUT2D eigenvalue weighted by Gasteiger charge is -2.34. The van der Waals surface area contributed by atoms with E-state index in [2.05, 4.69) is 5.32 Å². The number of carbonyl (C=O) groups is 2. The Labute approximate surface area is 101 Å². The number of piperazine rings is 1. The van der Waals surface area contributed by atoms with E-state index in [-0.39, 0.29) is 17.7 Å². The van der Waals surface area contributed by atoms with Gasteiger partial charge in [-0.25, -0.2) is 0 Å². The predicted octanol–water partition coefficient (Wildman–Crippen LogP) is 1.21. The number of Topliss-reactive ketones (excluding diaryl/α,β-unsaturated/α-hetero) is 1. The van der Waals surface area contributed by atoms with Crippen LogP contribution in [0.1, 0.15) is 24.2 Å². The van der Waals surface area contributed by atoms with Crippen molar-refractivity contribution in [3.05, 3.63) is 29.8 Å². The second-order valence-electron chi connectivity index (χ2n) is 4.26. The van der Waals surface area contributed by atoms with Gasteiger partial charge < -0.3 is 10.2 Å². The Morgan fingerprint density at radius 1 is 1.35 bits per heavy atom. The van der Waals surface area contributed by atoms with E-state index < -0.39 is 0 Å². The molecule has 1 N–H and O–H groups in total. The zero-order valence-corrected chi connectivity index (χ0v) is 10.1. The van der Waals surface area contributed by atoms with E-state index in [1.807, 2.05) is 24.0 Å². The van der Waals surface area contributed by atoms with E-state index in [0.717, 1.165) is 12.2 Å². The van der Waals surface area contributed by atoms with Crippen LogP contribution in [0.2, 0.25) is 0 Å². The fraction of sp³-hybridized carbons (Fsp3) is 0.385. The zero-order chi connectivity index (χ0) is 12.4. The maximum Gasteiger partial charge on any atom is 0.242 e. The maximum absolute atomic E-state index is 11.5. The lowest BCUT2D eigenvalue weighted by molar-refractivity contribution is -0.122. The van der Waals surface area contributed by atoms with Crippen molar-refractivity contribution in [2.24, 2.45) is 0 Å². The number of hydrogen-bond donors (Lipinski definition) is 1. The molecule has 1 aromatic carbocycles. The van der Waals surface area contributed by atoms with Crippen molar-refractivity contribution in [2.45, 2.75) is 19.9 Å². The first kappa shape index (κ1) is 11.6. The quantitative estimate of drug-likeness (QED) is 0.780. The Balaban J connectivity index is 2.22. The number of rotatable bonds is 2. The molecule has 4 nitrogen and oxygen atoms in total. The molecule has 1 aliphatic heterocycles. The Kier molecular flexibility index (Phi) is 3.13. The smallest absolute Gasteiger partial charge is 0.242 e. The van der Waals surface area contributed by atoms with Crippen molar-refractivity contribution in [1.29, 1.82) is 0 Å². The first-order valence-electron chi connectivity index (χ1n) is 5.75. The third-order valence-corrected chi connectivity index (χ3v) is 3.10. The summed E-state index contributed by atoms with van der Waals surface area (Å²) in [5.74, 6) is 0.105. The van der Waals surface area contributed by atoms with Gasteiger partial charge in [0.1, 0.15) is 6.04 Å². The highest BCUT2D eigenvalue weighted by molar-refractivity contribution is 5.94. The number of amides is 1. The lowest BCUT2D eigenvalue weighted by atomic mass is 10.1. The third-order valence-electron chi connectivity index (χ3n) is 3.10. The van der Waals surface area contributed by atoms with Crippen LogP contribution in [-0.4, -0.2) is 30.8 Å². The Morgan fingerprint density at radius 2 is 2.00 bits per heavy atom. The van der Waals surface area contributed by atoms with Crippen molar-refractivity contribution in [2.75, 3.05) is 18.0 Å². The van der Waals surface area contributed by atoms with Gasteiger partial charge in [-0.1, -0.05) is 0 Å². The van der Waals surface area contributed by atoms with E-state index in [1.54, 1.807) is 19.1 Å². The summed E-state index contributed by atoms with van der Waals surface area (Å²) in [6.45, 7) is 4.89. The number of benzene rings is 1. The number of nitrogens with one attached hydrogen (secondary N) is 1. The van der Waals surface area contributed by atoms with Gasteiger partial charge in [0.05, 0.1) is 0 Å². The maximum atomic E-state index is 11.5. The molecule has 17 heavy (non-hydrogen) atoms. The van der Waals surface area contributed by atoms with Crippen molar-refractivity contribution in [3.8, 4) is 0 Å². The minimum atomic E-state index is -0.160. The van der Waals surface area contributed by atoms with E-state index in [0.29, 0.717) is 12.1 Å². The van der Waals surface area contributed by atoms with Crippen LogP contribution in [0.25, 0.3) is 0 Å². The van der Waals surface area contributed by atoms with Gasteiger partial charge in [0.2, 0.25) is 5.91 Å². The molecule has 1 amide bonds. The van der Waals surface area contributed by atoms with Crippen LogP contribution < -0.4 is 10.2 Å². The molecule has 0 aliphatic carbocycles. The van der Waals surface area contributed by atoms with Gasteiger partial charge in [0.15, 0.2) is 5.78 Å². The van der Waals surface area contributed by atoms with Crippen LogP contribution in [0.4, 0.5) is 5.69 Å². The van der Waals surface area contributed by atoms with E-state index in [1.165, 1.54) is 0 Å². The standard InChI is InChI=1S/C13H16N2O2/c1-9-13(17)14-7-8-15(9)12-5-3-11(4-6-12)10(2)16/h3-6,9H,7-8H2,1-2H3,(H,14,17). The molecule has 1 fully saturated rings. The highest BCUT2D eigenvalue weighted by Crippen LogP contribution is 2.19. The molecule has 0 aromatic heterocycles. The number of carbonyl (C=O) groups excluding carboxylic acids is 2. The molecule has 4 heteroatoms. The third kappa shape index (κ3) is 2.30. The summed E-state index contributed by atoms with van der Waals surface area (Å²) in [4.78, 5) is 24.8. The zero-order valence-electron chi connectivity index (χ0n) is 10.1. The summed E-state index contributed by atoms with van der Waals surface area (Å²) >= 11 is 0. The van der Waals surface area contributed by atoms with Crippen molar-refractivity contribution >= 4 is 17.4 Å². The van der Waals surface area contributed by atoms with Crippen molar-refractivity contribution in [1.82, 2.24) is 5.32 Å². The van der Waals surface area contributed by atoms with Gasteiger partial charge in [-0.15, -0.1) is 0 Å². The number of anilines is 1. The summed E-state index contributed by atoms with van der Waals surface area (Å²) in [7, 11) is 0. The van der Waals surface area contributed by atoms with Crippen LogP contribution in [-0.2, 0) is 4.79 Å². The molecule has 1 atom stereocenters. The fourth-order valence-corrected chi connectivity index (χ4v) is 2.02. The second-order valence-corrected chi connectivity index (χ2v) is 4.26. The first-order chi connectivity index (χ1) is 8.09. The monoisotopic (exact) mass is 232 g/mol. The normalized spacial score (nSPS) is 20.0. The lowest BCUT2D eigenvalue weighted by Crippen LogP contribution is -2.54. The molecule has 0 spiro atoms. The molecule has 1 saturated heterocycles. The number of hydrogen-bond acceptors (Lipinski definition) is 3. The summed E-state index contributed by atoms with van der Waals surface area (Å²) in [5.41, 5.74) is 1.68. The molecule has 2 rings (SSSR count). The largest absolute Gasteiger partial charge is 0.358 e. The van der Waals surface area contributed by atoms with Gasteiger partial charge in [0, 0.05) is 24.3 Å². The van der Waals surface area contributed by atoms with Gasteiger partial charge in [-0.2, -0.15) is 0 Å². The summed E-state index contributed by atoms with van der Waals surface area (Å²) < 4.78 is 0. The molecule has 90 valence electrons. The van der Waals surface area contributed by atoms with Crippen molar-refractivity contribution < 1.29 is 9.59 Å². The first-order valence-corrected chi connectivity index (χ1v) is 5.75. The average Bonchev–Trinajstić information content (AvgIpc) is 2.33. The van der Waals surface area contributed by atoms with Crippen LogP contribution in [0, 0.1) is 0 Å². The summed E-state index contributed by atoms with van der Waals surface area (Å²) in [6, 6.07) is 7.23. The minimum Gasteiger partial charge on any atom is -0.358 e. The molecule has 0 saturated carbocycles. The summed E-state index contributed by atoms with van der Waals surface area (Å²) in [6.07, 6.45) is 0. The van der Waals surface area contributed by atoms with E-state index >= 15 is 0 Å². The average molecular weight is 232 g/mol. The van der Waals surface area contributed by atoms with Crippen molar-refractivity contribution in [3.63, 3.8) is 0 Å². The predicted molar refractivity (Wildman–Crippen MR) is 66.3 cm³/mol. The Morgan fingerprint density at radius 3 is 2.59 bits per heavy atom. The van der Waals surface area contributed by atoms with Crippen LogP contribution in [0.3, 0.4) is 0 Å². The Hall–Kier alpha value is -1.84. The number of ketones is 1. The minimum absolute atomic E-state index is 0.0481. The molecular weight excluding hydrogens is 216 g/mol. The van der Waals surface area contributed by atoms with Gasteiger partial charge in [-0.3, -0.25) is 9.59 Å². The van der Waals surface area contributed by atoms with Crippen LogP contribution in [0.5, 0.6) is 0 Å². The van der Waals surface area contributed by atoms with Crippen LogP contribution in [0.15, 0.2) is 24.3 Å². The molecule has 1 aromatic rings. The van der Waals surface area contributed by atoms with E-state index in [9.17, 15) is 9.59 Å². The fourth-order valence-electron chi connectivity index (χ4n) is 2.02. The van der Waals surface area contributed by atoms with Gasteiger partial charge >= 0.3 is 0 Å². The Bertz CT molecular complexity index is 439. The second kappa shape index (κ2) is 4.57. The van der Waals surface area contributed by atoms with Gasteiger partial charge in [-0.05, 0) is 38.1 Å². The molecule has 1 heterocycles. The molecule has 0 radical (unpaired) electrons. The SMILES string of the molecule is CC(=O)c1ccc(N2CCNC(=O)C2C)cc1. The molecule has 1 aliphatic rings. The highest BCUT2D eigenvalue weighted by atomic mass is 16.2. The van der Waals surface area contributed by atoms with Gasteiger partial charge in [0.25, 0.3) is 0 Å². The topological polar surface area (TPSA) is 49.4 Å². The van der Waals surface area contributed by atoms with Crippen LogP contribution >= 0.6 is 0 Å². The highest BCUT2D eigenvalue weighted by Gasteiger charge is 2.25. The van der Waals surface area contributed by atoms with E-state index in [4.69, 9.17) is 0 Å². The molecular formula is C13H16N2O2. The summed E-state index contributed by atoms with van der Waals surface area (Å²) in [5, 5.41) is 2.83. The molecule has 0 bridgehead atoms.